The fourth-order valence-corrected chi connectivity index (χ4v) is 2.76. The lowest BCUT2D eigenvalue weighted by Crippen LogP contribution is -2.07. The van der Waals surface area contributed by atoms with Crippen molar-refractivity contribution in [3.63, 3.8) is 0 Å². The molecule has 1 aliphatic rings. The van der Waals surface area contributed by atoms with Gasteiger partial charge in [-0.3, -0.25) is 9.59 Å². The van der Waals surface area contributed by atoms with E-state index in [2.05, 4.69) is 23.8 Å². The number of aliphatic hydroxyl groups is 1. The smallest absolute Gasteiger partial charge is 0.305 e. The maximum Gasteiger partial charge on any atom is 0.305 e. The van der Waals surface area contributed by atoms with E-state index in [1.807, 2.05) is 36.5 Å². The molecule has 4 nitrogen and oxygen atoms in total. The van der Waals surface area contributed by atoms with E-state index in [0.29, 0.717) is 25.7 Å². The molecule has 27 heavy (non-hydrogen) atoms. The topological polar surface area (TPSA) is 63.6 Å². The van der Waals surface area contributed by atoms with Gasteiger partial charge < -0.3 is 9.84 Å². The Morgan fingerprint density at radius 1 is 1.19 bits per heavy atom. The third kappa shape index (κ3) is 9.90. The van der Waals surface area contributed by atoms with Crippen molar-refractivity contribution in [3.8, 4) is 0 Å². The number of methoxy groups -OCH3 is 1. The van der Waals surface area contributed by atoms with E-state index in [1.165, 1.54) is 7.11 Å². The largest absolute Gasteiger partial charge is 0.469 e. The highest BCUT2D eigenvalue weighted by atomic mass is 16.5. The molecule has 0 unspecified atom stereocenters. The van der Waals surface area contributed by atoms with Gasteiger partial charge in [0, 0.05) is 17.9 Å². The van der Waals surface area contributed by atoms with Crippen LogP contribution in [0.2, 0.25) is 0 Å². The molecule has 0 saturated carbocycles. The summed E-state index contributed by atoms with van der Waals surface area (Å²) in [6.45, 7) is 2.10. The summed E-state index contributed by atoms with van der Waals surface area (Å²) in [5.41, 5.74) is 0.751. The number of allylic oxidation sites excluding steroid dienone is 8. The first-order valence-corrected chi connectivity index (χ1v) is 9.70. The van der Waals surface area contributed by atoms with Crippen LogP contribution in [0.3, 0.4) is 0 Å². The summed E-state index contributed by atoms with van der Waals surface area (Å²) in [6.07, 6.45) is 21.8. The average Bonchev–Trinajstić information content (AvgIpc) is 3.02. The van der Waals surface area contributed by atoms with Crippen LogP contribution >= 0.6 is 0 Å². The highest BCUT2D eigenvalue weighted by molar-refractivity contribution is 6.07. The van der Waals surface area contributed by atoms with Crippen LogP contribution in [-0.4, -0.2) is 30.1 Å². The summed E-state index contributed by atoms with van der Waals surface area (Å²) in [5, 5.41) is 10.1. The van der Waals surface area contributed by atoms with E-state index < -0.39 is 6.10 Å². The van der Waals surface area contributed by atoms with Gasteiger partial charge in [0.15, 0.2) is 5.78 Å². The summed E-state index contributed by atoms with van der Waals surface area (Å²) in [7, 11) is 1.38. The van der Waals surface area contributed by atoms with Crippen molar-refractivity contribution < 1.29 is 19.4 Å². The standard InChI is InChI=1S/C23H32O4/c1-3-4-5-6-7-10-13-20(24)16-17-21-19(15-18-22(21)25)12-9-8-11-14-23(26)27-2/h4-5,7-10,15,17-20,24H,3,6,11-14,16H2,1-2H3/b5-4-,9-8-,10-7-,21-17+/t19-,20+/m1/s1. The van der Waals surface area contributed by atoms with Crippen LogP contribution in [0.5, 0.6) is 0 Å². The fourth-order valence-electron chi connectivity index (χ4n) is 2.76. The molecule has 0 aromatic rings. The average molecular weight is 373 g/mol. The Kier molecular flexibility index (Phi) is 11.8. The Hall–Kier alpha value is -2.20. The maximum atomic E-state index is 12.0. The van der Waals surface area contributed by atoms with Crippen LogP contribution in [0.4, 0.5) is 0 Å². The van der Waals surface area contributed by atoms with E-state index in [4.69, 9.17) is 0 Å². The maximum absolute atomic E-state index is 12.0. The van der Waals surface area contributed by atoms with Crippen molar-refractivity contribution in [1.29, 1.82) is 0 Å². The predicted molar refractivity (Wildman–Crippen MR) is 109 cm³/mol. The molecule has 0 heterocycles. The summed E-state index contributed by atoms with van der Waals surface area (Å²) < 4.78 is 4.60. The third-order valence-electron chi connectivity index (χ3n) is 4.32. The molecule has 1 N–H and O–H groups in total. The lowest BCUT2D eigenvalue weighted by molar-refractivity contribution is -0.140. The second kappa shape index (κ2) is 13.9. The van der Waals surface area contributed by atoms with Crippen LogP contribution in [0.15, 0.2) is 60.3 Å². The molecule has 0 radical (unpaired) electrons. The molecule has 4 heteroatoms. The number of ether oxygens (including phenoxy) is 1. The van der Waals surface area contributed by atoms with Gasteiger partial charge in [0.2, 0.25) is 0 Å². The predicted octanol–water partition coefficient (Wildman–Crippen LogP) is 4.62. The van der Waals surface area contributed by atoms with Crippen LogP contribution in [0.1, 0.15) is 51.9 Å². The van der Waals surface area contributed by atoms with E-state index >= 15 is 0 Å². The first-order chi connectivity index (χ1) is 13.1. The number of aliphatic hydroxyl groups excluding tert-OH is 1. The summed E-state index contributed by atoms with van der Waals surface area (Å²) in [5.74, 6) is -0.148. The number of hydrogen-bond acceptors (Lipinski definition) is 4. The number of esters is 1. The number of hydrogen-bond donors (Lipinski definition) is 1. The molecule has 0 amide bonds. The Morgan fingerprint density at radius 2 is 1.96 bits per heavy atom. The first-order valence-electron chi connectivity index (χ1n) is 9.70. The molecule has 0 aromatic carbocycles. The molecule has 0 saturated heterocycles. The molecule has 0 aromatic heterocycles. The molecule has 0 spiro atoms. The molecule has 2 atom stereocenters. The Bertz CT molecular complexity index is 608. The van der Waals surface area contributed by atoms with Crippen molar-refractivity contribution in [2.45, 2.75) is 58.0 Å². The van der Waals surface area contributed by atoms with Gasteiger partial charge in [-0.15, -0.1) is 0 Å². The van der Waals surface area contributed by atoms with Gasteiger partial charge in [-0.2, -0.15) is 0 Å². The number of carbonyl (C=O) groups is 2. The van der Waals surface area contributed by atoms with Gasteiger partial charge in [-0.25, -0.2) is 0 Å². The monoisotopic (exact) mass is 372 g/mol. The van der Waals surface area contributed by atoms with E-state index in [1.54, 1.807) is 6.08 Å². The lowest BCUT2D eigenvalue weighted by Gasteiger charge is -2.10. The minimum absolute atomic E-state index is 0.0235. The Balaban J connectivity index is 2.41. The minimum atomic E-state index is -0.478. The van der Waals surface area contributed by atoms with Gasteiger partial charge in [0.05, 0.1) is 13.2 Å². The quantitative estimate of drug-likeness (QED) is 0.308. The zero-order valence-electron chi connectivity index (χ0n) is 16.5. The van der Waals surface area contributed by atoms with Crippen molar-refractivity contribution in [3.05, 3.63) is 60.3 Å². The van der Waals surface area contributed by atoms with Crippen molar-refractivity contribution in [2.75, 3.05) is 7.11 Å². The van der Waals surface area contributed by atoms with Gasteiger partial charge in [0.1, 0.15) is 0 Å². The highest BCUT2D eigenvalue weighted by Gasteiger charge is 2.21. The molecule has 1 aliphatic carbocycles. The molecule has 0 aliphatic heterocycles. The summed E-state index contributed by atoms with van der Waals surface area (Å²) >= 11 is 0. The van der Waals surface area contributed by atoms with Crippen LogP contribution in [0, 0.1) is 5.92 Å². The number of carbonyl (C=O) groups excluding carboxylic acids is 2. The van der Waals surface area contributed by atoms with Crippen LogP contribution < -0.4 is 0 Å². The molecule has 148 valence electrons. The van der Waals surface area contributed by atoms with Gasteiger partial charge in [-0.05, 0) is 44.6 Å². The molecule has 0 bridgehead atoms. The second-order valence-corrected chi connectivity index (χ2v) is 6.52. The van der Waals surface area contributed by atoms with Crippen LogP contribution in [-0.2, 0) is 14.3 Å². The summed E-state index contributed by atoms with van der Waals surface area (Å²) in [6, 6.07) is 0. The van der Waals surface area contributed by atoms with Crippen molar-refractivity contribution >= 4 is 11.8 Å². The molecule has 1 rings (SSSR count). The fraction of sp³-hybridized carbons (Fsp3) is 0.478. The number of ketones is 1. The van der Waals surface area contributed by atoms with Crippen molar-refractivity contribution in [2.24, 2.45) is 5.92 Å². The molecule has 0 fully saturated rings. The van der Waals surface area contributed by atoms with Gasteiger partial charge in [-0.1, -0.05) is 55.5 Å². The van der Waals surface area contributed by atoms with Gasteiger partial charge >= 0.3 is 5.97 Å². The van der Waals surface area contributed by atoms with Crippen LogP contribution in [0.25, 0.3) is 0 Å². The van der Waals surface area contributed by atoms with Crippen molar-refractivity contribution in [1.82, 2.24) is 0 Å². The first kappa shape index (κ1) is 22.8. The minimum Gasteiger partial charge on any atom is -0.469 e. The van der Waals surface area contributed by atoms with E-state index in [0.717, 1.165) is 24.8 Å². The van der Waals surface area contributed by atoms with E-state index in [-0.39, 0.29) is 17.7 Å². The molecular weight excluding hydrogens is 340 g/mol. The lowest BCUT2D eigenvalue weighted by atomic mass is 9.96. The Morgan fingerprint density at radius 3 is 2.70 bits per heavy atom. The third-order valence-corrected chi connectivity index (χ3v) is 4.32. The second-order valence-electron chi connectivity index (χ2n) is 6.52. The SMILES string of the molecule is CC/C=C\C/C=C\C[C@H](O)C/C=C1/C(=O)C=C[C@H]1C/C=C\CCC(=O)OC. The highest BCUT2D eigenvalue weighted by Crippen LogP contribution is 2.26. The zero-order chi connectivity index (χ0) is 19.9. The molecular formula is C23H32O4. The van der Waals surface area contributed by atoms with E-state index in [9.17, 15) is 14.7 Å². The summed E-state index contributed by atoms with van der Waals surface area (Å²) in [4.78, 5) is 23.1. The normalized spacial score (nSPS) is 19.9. The number of rotatable bonds is 12. The van der Waals surface area contributed by atoms with Gasteiger partial charge in [0.25, 0.3) is 0 Å². The Labute approximate surface area is 163 Å². The zero-order valence-corrected chi connectivity index (χ0v) is 16.5.